The summed E-state index contributed by atoms with van der Waals surface area (Å²) in [5, 5.41) is 3.05. The SMILES string of the molecule is NC1C2CCOC2C1NC(=O)c1cccn1C1CC1. The molecule has 0 radical (unpaired) electrons. The van der Waals surface area contributed by atoms with Gasteiger partial charge in [-0.2, -0.15) is 0 Å². The highest BCUT2D eigenvalue weighted by Crippen LogP contribution is 2.38. The number of aromatic nitrogens is 1. The van der Waals surface area contributed by atoms with Gasteiger partial charge in [0.05, 0.1) is 12.1 Å². The first-order chi connectivity index (χ1) is 9.25. The predicted octanol–water partition coefficient (Wildman–Crippen LogP) is 0.667. The molecule has 4 atom stereocenters. The van der Waals surface area contributed by atoms with Gasteiger partial charge in [0.25, 0.3) is 5.91 Å². The van der Waals surface area contributed by atoms with Crippen LogP contribution >= 0.6 is 0 Å². The van der Waals surface area contributed by atoms with Crippen LogP contribution in [0.1, 0.15) is 35.8 Å². The van der Waals surface area contributed by atoms with Crippen LogP contribution in [0.2, 0.25) is 0 Å². The van der Waals surface area contributed by atoms with Gasteiger partial charge in [-0.15, -0.1) is 0 Å². The van der Waals surface area contributed by atoms with Gasteiger partial charge in [-0.05, 0) is 31.4 Å². The normalized spacial score (nSPS) is 36.7. The molecule has 1 aromatic heterocycles. The minimum Gasteiger partial charge on any atom is -0.376 e. The van der Waals surface area contributed by atoms with E-state index in [0.717, 1.165) is 18.7 Å². The fraction of sp³-hybridized carbons (Fsp3) is 0.643. The third-order valence-corrected chi connectivity index (χ3v) is 4.70. The van der Waals surface area contributed by atoms with Gasteiger partial charge in [0.2, 0.25) is 0 Å². The number of hydrogen-bond donors (Lipinski definition) is 2. The quantitative estimate of drug-likeness (QED) is 0.840. The summed E-state index contributed by atoms with van der Waals surface area (Å²) in [6, 6.07) is 4.35. The summed E-state index contributed by atoms with van der Waals surface area (Å²) in [5.74, 6) is 0.409. The molecule has 1 aromatic rings. The summed E-state index contributed by atoms with van der Waals surface area (Å²) in [6.07, 6.45) is 5.49. The first kappa shape index (κ1) is 11.5. The molecule has 2 saturated carbocycles. The number of nitrogens with two attached hydrogens (primary N) is 1. The lowest BCUT2D eigenvalue weighted by atomic mass is 9.72. The van der Waals surface area contributed by atoms with E-state index in [2.05, 4.69) is 9.88 Å². The molecule has 3 aliphatic rings. The van der Waals surface area contributed by atoms with E-state index >= 15 is 0 Å². The molecule has 3 N–H and O–H groups in total. The van der Waals surface area contributed by atoms with Crippen LogP contribution in [-0.4, -0.2) is 35.3 Å². The summed E-state index contributed by atoms with van der Waals surface area (Å²) >= 11 is 0. The largest absolute Gasteiger partial charge is 0.376 e. The maximum Gasteiger partial charge on any atom is 0.268 e. The fourth-order valence-electron chi connectivity index (χ4n) is 3.41. The second kappa shape index (κ2) is 4.08. The number of nitrogens with zero attached hydrogens (tertiary/aromatic N) is 1. The number of fused-ring (bicyclic) bond motifs is 1. The molecule has 1 saturated heterocycles. The number of nitrogens with one attached hydrogen (secondary N) is 1. The van der Waals surface area contributed by atoms with Gasteiger partial charge >= 0.3 is 0 Å². The Balaban J connectivity index is 1.47. The molecule has 2 heterocycles. The molecule has 0 aromatic carbocycles. The van der Waals surface area contributed by atoms with Crippen molar-refractivity contribution in [2.45, 2.75) is 43.5 Å². The molecule has 1 amide bonds. The summed E-state index contributed by atoms with van der Waals surface area (Å²) in [4.78, 5) is 12.4. The number of carbonyl (C=O) groups excluding carboxylic acids is 1. The van der Waals surface area contributed by atoms with E-state index in [0.29, 0.717) is 12.0 Å². The molecule has 1 aliphatic heterocycles. The third kappa shape index (κ3) is 1.72. The number of rotatable bonds is 3. The average Bonchev–Trinajstić information content (AvgIpc) is 2.99. The van der Waals surface area contributed by atoms with Crippen molar-refractivity contribution >= 4 is 5.91 Å². The Labute approximate surface area is 112 Å². The monoisotopic (exact) mass is 261 g/mol. The first-order valence-electron chi connectivity index (χ1n) is 7.10. The summed E-state index contributed by atoms with van der Waals surface area (Å²) in [7, 11) is 0. The lowest BCUT2D eigenvalue weighted by Gasteiger charge is -2.45. The second-order valence-corrected chi connectivity index (χ2v) is 5.90. The molecule has 5 nitrogen and oxygen atoms in total. The van der Waals surface area contributed by atoms with Crippen molar-refractivity contribution in [3.63, 3.8) is 0 Å². The van der Waals surface area contributed by atoms with Crippen molar-refractivity contribution in [3.8, 4) is 0 Å². The van der Waals surface area contributed by atoms with Gasteiger partial charge in [0.15, 0.2) is 0 Å². The highest BCUT2D eigenvalue weighted by atomic mass is 16.5. The maximum atomic E-state index is 12.4. The molecule has 4 unspecified atom stereocenters. The predicted molar refractivity (Wildman–Crippen MR) is 69.8 cm³/mol. The molecule has 19 heavy (non-hydrogen) atoms. The van der Waals surface area contributed by atoms with Gasteiger partial charge < -0.3 is 20.4 Å². The van der Waals surface area contributed by atoms with Crippen molar-refractivity contribution in [1.82, 2.24) is 9.88 Å². The van der Waals surface area contributed by atoms with E-state index in [1.165, 1.54) is 12.8 Å². The zero-order chi connectivity index (χ0) is 13.0. The maximum absolute atomic E-state index is 12.4. The smallest absolute Gasteiger partial charge is 0.268 e. The highest BCUT2D eigenvalue weighted by Gasteiger charge is 2.52. The van der Waals surface area contributed by atoms with E-state index in [1.807, 2.05) is 18.3 Å². The van der Waals surface area contributed by atoms with E-state index < -0.39 is 0 Å². The minimum absolute atomic E-state index is 0.0219. The molecular formula is C14H19N3O2. The average molecular weight is 261 g/mol. The van der Waals surface area contributed by atoms with Gasteiger partial charge in [0, 0.05) is 30.8 Å². The van der Waals surface area contributed by atoms with Gasteiger partial charge in [0.1, 0.15) is 5.69 Å². The van der Waals surface area contributed by atoms with Crippen LogP contribution in [0.4, 0.5) is 0 Å². The number of hydrogen-bond acceptors (Lipinski definition) is 3. The Hall–Kier alpha value is -1.33. The van der Waals surface area contributed by atoms with Gasteiger partial charge in [-0.3, -0.25) is 4.79 Å². The van der Waals surface area contributed by atoms with Gasteiger partial charge in [-0.25, -0.2) is 0 Å². The Morgan fingerprint density at radius 3 is 3.05 bits per heavy atom. The Kier molecular flexibility index (Phi) is 2.47. The molecule has 2 aliphatic carbocycles. The first-order valence-corrected chi connectivity index (χ1v) is 7.10. The standard InChI is InChI=1S/C14H19N3O2/c15-11-9-5-7-19-13(9)12(11)16-14(18)10-2-1-6-17(10)8-3-4-8/h1-2,6,8-9,11-13H,3-5,7,15H2,(H,16,18). The van der Waals surface area contributed by atoms with Crippen LogP contribution in [0.5, 0.6) is 0 Å². The van der Waals surface area contributed by atoms with E-state index in [9.17, 15) is 4.79 Å². The number of amides is 1. The molecule has 0 spiro atoms. The van der Waals surface area contributed by atoms with Crippen molar-refractivity contribution in [3.05, 3.63) is 24.0 Å². The highest BCUT2D eigenvalue weighted by molar-refractivity contribution is 5.93. The second-order valence-electron chi connectivity index (χ2n) is 5.90. The molecule has 0 bridgehead atoms. The van der Waals surface area contributed by atoms with Crippen LogP contribution in [-0.2, 0) is 4.74 Å². The Morgan fingerprint density at radius 1 is 1.42 bits per heavy atom. The number of ether oxygens (including phenoxy) is 1. The zero-order valence-corrected chi connectivity index (χ0v) is 10.8. The van der Waals surface area contributed by atoms with E-state index in [-0.39, 0.29) is 24.1 Å². The zero-order valence-electron chi connectivity index (χ0n) is 10.8. The van der Waals surface area contributed by atoms with Crippen molar-refractivity contribution in [2.75, 3.05) is 6.61 Å². The lowest BCUT2D eigenvalue weighted by molar-refractivity contribution is -0.0162. The molecule has 102 valence electrons. The Morgan fingerprint density at radius 2 is 2.26 bits per heavy atom. The van der Waals surface area contributed by atoms with Crippen LogP contribution in [0.3, 0.4) is 0 Å². The van der Waals surface area contributed by atoms with Crippen molar-refractivity contribution < 1.29 is 9.53 Å². The molecule has 3 fully saturated rings. The third-order valence-electron chi connectivity index (χ3n) is 4.70. The lowest BCUT2D eigenvalue weighted by Crippen LogP contribution is -2.69. The molecule has 4 rings (SSSR count). The summed E-state index contributed by atoms with van der Waals surface area (Å²) < 4.78 is 7.72. The Bertz CT molecular complexity index is 509. The molecule has 5 heteroatoms. The topological polar surface area (TPSA) is 69.3 Å². The van der Waals surface area contributed by atoms with E-state index in [1.54, 1.807) is 0 Å². The van der Waals surface area contributed by atoms with Crippen LogP contribution in [0.15, 0.2) is 18.3 Å². The fourth-order valence-corrected chi connectivity index (χ4v) is 3.41. The summed E-state index contributed by atoms with van der Waals surface area (Å²) in [5.41, 5.74) is 6.86. The van der Waals surface area contributed by atoms with Crippen LogP contribution in [0, 0.1) is 5.92 Å². The summed E-state index contributed by atoms with van der Waals surface area (Å²) in [6.45, 7) is 0.772. The van der Waals surface area contributed by atoms with Crippen molar-refractivity contribution in [1.29, 1.82) is 0 Å². The van der Waals surface area contributed by atoms with E-state index in [4.69, 9.17) is 10.5 Å². The van der Waals surface area contributed by atoms with Crippen LogP contribution < -0.4 is 11.1 Å². The van der Waals surface area contributed by atoms with Gasteiger partial charge in [-0.1, -0.05) is 0 Å². The van der Waals surface area contributed by atoms with Crippen molar-refractivity contribution in [2.24, 2.45) is 11.7 Å². The molecular weight excluding hydrogens is 242 g/mol. The van der Waals surface area contributed by atoms with Crippen LogP contribution in [0.25, 0.3) is 0 Å². The minimum atomic E-state index is -0.0254. The number of carbonyl (C=O) groups is 1.